The number of ether oxygens (including phenoxy) is 1. The third-order valence-corrected chi connectivity index (χ3v) is 2.46. The molecule has 1 atom stereocenters. The largest absolute Gasteiger partial charge is 0.492 e. The van der Waals surface area contributed by atoms with Crippen LogP contribution < -0.4 is 15.4 Å². The van der Waals surface area contributed by atoms with Gasteiger partial charge >= 0.3 is 0 Å². The minimum absolute atomic E-state index is 0.132. The van der Waals surface area contributed by atoms with Crippen molar-refractivity contribution in [3.8, 4) is 5.75 Å². The van der Waals surface area contributed by atoms with E-state index in [2.05, 4.69) is 17.9 Å². The average molecular weight is 222 g/mol. The van der Waals surface area contributed by atoms with Gasteiger partial charge < -0.3 is 15.4 Å². The average Bonchev–Trinajstić information content (AvgIpc) is 2.27. The highest BCUT2D eigenvalue weighted by molar-refractivity contribution is 5.49. The first kappa shape index (κ1) is 12.8. The summed E-state index contributed by atoms with van der Waals surface area (Å²) in [5.41, 5.74) is 7.03. The molecule has 16 heavy (non-hydrogen) atoms. The standard InChI is InChI=1S/C13H22N2O/c1-4-6-11(14)10-16-13-8-5-7-12(9-13)15(2)3/h5,7-9,11H,4,6,10,14H2,1-3H3. The third-order valence-electron chi connectivity index (χ3n) is 2.46. The Balaban J connectivity index is 2.50. The van der Waals surface area contributed by atoms with Crippen LogP contribution in [-0.2, 0) is 0 Å². The minimum Gasteiger partial charge on any atom is -0.492 e. The van der Waals surface area contributed by atoms with Gasteiger partial charge in [0, 0.05) is 31.9 Å². The summed E-state index contributed by atoms with van der Waals surface area (Å²) in [6.45, 7) is 2.72. The zero-order valence-electron chi connectivity index (χ0n) is 10.4. The molecule has 2 N–H and O–H groups in total. The van der Waals surface area contributed by atoms with Crippen LogP contribution in [-0.4, -0.2) is 26.7 Å². The fourth-order valence-corrected chi connectivity index (χ4v) is 1.51. The molecular formula is C13H22N2O. The molecule has 1 aromatic rings. The summed E-state index contributed by atoms with van der Waals surface area (Å²) in [5.74, 6) is 0.887. The Morgan fingerprint density at radius 1 is 1.38 bits per heavy atom. The number of anilines is 1. The van der Waals surface area contributed by atoms with Crippen LogP contribution in [0.3, 0.4) is 0 Å². The third kappa shape index (κ3) is 4.11. The predicted molar refractivity (Wildman–Crippen MR) is 69.1 cm³/mol. The van der Waals surface area contributed by atoms with E-state index in [0.717, 1.165) is 24.3 Å². The number of hydrogen-bond donors (Lipinski definition) is 1. The van der Waals surface area contributed by atoms with E-state index in [-0.39, 0.29) is 6.04 Å². The molecule has 0 spiro atoms. The highest BCUT2D eigenvalue weighted by Gasteiger charge is 2.03. The topological polar surface area (TPSA) is 38.5 Å². The SMILES string of the molecule is CCCC(N)COc1cccc(N(C)C)c1. The van der Waals surface area contributed by atoms with Gasteiger partial charge in [-0.3, -0.25) is 0 Å². The maximum atomic E-state index is 5.89. The Morgan fingerprint density at radius 3 is 2.75 bits per heavy atom. The molecule has 0 aliphatic carbocycles. The van der Waals surface area contributed by atoms with Gasteiger partial charge in [0.25, 0.3) is 0 Å². The summed E-state index contributed by atoms with van der Waals surface area (Å²) >= 11 is 0. The summed E-state index contributed by atoms with van der Waals surface area (Å²) in [6.07, 6.45) is 2.11. The van der Waals surface area contributed by atoms with E-state index in [1.165, 1.54) is 0 Å². The zero-order chi connectivity index (χ0) is 12.0. The van der Waals surface area contributed by atoms with Gasteiger partial charge in [0.2, 0.25) is 0 Å². The molecule has 0 saturated carbocycles. The molecule has 90 valence electrons. The van der Waals surface area contributed by atoms with Crippen molar-refractivity contribution in [1.29, 1.82) is 0 Å². The quantitative estimate of drug-likeness (QED) is 0.802. The van der Waals surface area contributed by atoms with Crippen LogP contribution in [0.4, 0.5) is 5.69 Å². The van der Waals surface area contributed by atoms with Crippen molar-refractivity contribution in [2.45, 2.75) is 25.8 Å². The molecule has 0 heterocycles. The lowest BCUT2D eigenvalue weighted by Gasteiger charge is -2.15. The molecule has 3 nitrogen and oxygen atoms in total. The van der Waals surface area contributed by atoms with Gasteiger partial charge in [-0.15, -0.1) is 0 Å². The Hall–Kier alpha value is -1.22. The summed E-state index contributed by atoms with van der Waals surface area (Å²) in [6, 6.07) is 8.17. The van der Waals surface area contributed by atoms with Gasteiger partial charge in [0.15, 0.2) is 0 Å². The maximum Gasteiger partial charge on any atom is 0.121 e. The second kappa shape index (κ2) is 6.38. The van der Waals surface area contributed by atoms with E-state index in [4.69, 9.17) is 10.5 Å². The predicted octanol–water partition coefficient (Wildman–Crippen LogP) is 2.26. The number of rotatable bonds is 6. The number of benzene rings is 1. The molecule has 0 aromatic heterocycles. The lowest BCUT2D eigenvalue weighted by atomic mass is 10.2. The van der Waals surface area contributed by atoms with Crippen LogP contribution >= 0.6 is 0 Å². The van der Waals surface area contributed by atoms with Crippen molar-refractivity contribution < 1.29 is 4.74 Å². The molecular weight excluding hydrogens is 200 g/mol. The number of nitrogens with two attached hydrogens (primary N) is 1. The van der Waals surface area contributed by atoms with Crippen molar-refractivity contribution in [1.82, 2.24) is 0 Å². The summed E-state index contributed by atoms with van der Waals surface area (Å²) in [5, 5.41) is 0. The summed E-state index contributed by atoms with van der Waals surface area (Å²) in [7, 11) is 4.03. The lowest BCUT2D eigenvalue weighted by molar-refractivity contribution is 0.281. The van der Waals surface area contributed by atoms with Crippen molar-refractivity contribution >= 4 is 5.69 Å². The highest BCUT2D eigenvalue weighted by atomic mass is 16.5. The minimum atomic E-state index is 0.132. The molecule has 0 aliphatic heterocycles. The van der Waals surface area contributed by atoms with Crippen molar-refractivity contribution in [3.63, 3.8) is 0 Å². The van der Waals surface area contributed by atoms with E-state index in [0.29, 0.717) is 6.61 Å². The Labute approximate surface area is 98.2 Å². The molecule has 0 fully saturated rings. The van der Waals surface area contributed by atoms with Crippen LogP contribution in [0.5, 0.6) is 5.75 Å². The summed E-state index contributed by atoms with van der Waals surface area (Å²) in [4.78, 5) is 2.05. The first-order valence-corrected chi connectivity index (χ1v) is 5.79. The molecule has 1 aromatic carbocycles. The van der Waals surface area contributed by atoms with Gasteiger partial charge in [-0.2, -0.15) is 0 Å². The normalized spacial score (nSPS) is 12.2. The van der Waals surface area contributed by atoms with Crippen molar-refractivity contribution in [2.75, 3.05) is 25.6 Å². The molecule has 0 aliphatic rings. The first-order chi connectivity index (χ1) is 7.63. The monoisotopic (exact) mass is 222 g/mol. The fourth-order valence-electron chi connectivity index (χ4n) is 1.51. The zero-order valence-corrected chi connectivity index (χ0v) is 10.4. The molecule has 1 rings (SSSR count). The summed E-state index contributed by atoms with van der Waals surface area (Å²) < 4.78 is 5.66. The Kier molecular flexibility index (Phi) is 5.12. The van der Waals surface area contributed by atoms with Gasteiger partial charge in [-0.25, -0.2) is 0 Å². The van der Waals surface area contributed by atoms with E-state index in [1.807, 2.05) is 32.3 Å². The van der Waals surface area contributed by atoms with Gasteiger partial charge in [0.05, 0.1) is 0 Å². The van der Waals surface area contributed by atoms with Crippen LogP contribution in [0.15, 0.2) is 24.3 Å². The van der Waals surface area contributed by atoms with E-state index in [1.54, 1.807) is 0 Å². The molecule has 1 unspecified atom stereocenters. The lowest BCUT2D eigenvalue weighted by Crippen LogP contribution is -2.27. The van der Waals surface area contributed by atoms with Crippen molar-refractivity contribution in [2.24, 2.45) is 5.73 Å². The number of nitrogens with zero attached hydrogens (tertiary/aromatic N) is 1. The van der Waals surface area contributed by atoms with Crippen molar-refractivity contribution in [3.05, 3.63) is 24.3 Å². The fraction of sp³-hybridized carbons (Fsp3) is 0.538. The molecule has 0 amide bonds. The van der Waals surface area contributed by atoms with Crippen LogP contribution in [0.2, 0.25) is 0 Å². The van der Waals surface area contributed by atoms with E-state index >= 15 is 0 Å². The van der Waals surface area contributed by atoms with Gasteiger partial charge in [0.1, 0.15) is 12.4 Å². The number of hydrogen-bond acceptors (Lipinski definition) is 3. The van der Waals surface area contributed by atoms with E-state index in [9.17, 15) is 0 Å². The second-order valence-corrected chi connectivity index (χ2v) is 4.25. The Bertz CT molecular complexity index is 313. The molecule has 0 radical (unpaired) electrons. The van der Waals surface area contributed by atoms with Gasteiger partial charge in [-0.1, -0.05) is 19.4 Å². The smallest absolute Gasteiger partial charge is 0.121 e. The molecule has 0 saturated heterocycles. The van der Waals surface area contributed by atoms with Crippen LogP contribution in [0.1, 0.15) is 19.8 Å². The Morgan fingerprint density at radius 2 is 2.12 bits per heavy atom. The molecule has 3 heteroatoms. The van der Waals surface area contributed by atoms with Crippen LogP contribution in [0.25, 0.3) is 0 Å². The first-order valence-electron chi connectivity index (χ1n) is 5.79. The molecule has 0 bridgehead atoms. The second-order valence-electron chi connectivity index (χ2n) is 4.25. The van der Waals surface area contributed by atoms with Gasteiger partial charge in [-0.05, 0) is 18.6 Å². The van der Waals surface area contributed by atoms with E-state index < -0.39 is 0 Å². The van der Waals surface area contributed by atoms with Crippen LogP contribution in [0, 0.1) is 0 Å². The maximum absolute atomic E-state index is 5.89. The highest BCUT2D eigenvalue weighted by Crippen LogP contribution is 2.19.